The minimum atomic E-state index is -2.96. The summed E-state index contributed by atoms with van der Waals surface area (Å²) in [6, 6.07) is 1.86. The van der Waals surface area contributed by atoms with Crippen LogP contribution in [-0.2, 0) is 9.84 Å². The molecular weight excluding hydrogens is 298 g/mol. The van der Waals surface area contributed by atoms with Gasteiger partial charge in [-0.15, -0.1) is 11.3 Å². The van der Waals surface area contributed by atoms with Crippen molar-refractivity contribution in [2.24, 2.45) is 0 Å². The number of aryl methyl sites for hydroxylation is 1. The number of rotatable bonds is 4. The zero-order chi connectivity index (χ0) is 11.6. The molecule has 0 fully saturated rings. The highest BCUT2D eigenvalue weighted by Crippen LogP contribution is 2.30. The Morgan fingerprint density at radius 2 is 2.20 bits per heavy atom. The smallest absolute Gasteiger partial charge is 0.149 e. The molecule has 0 spiro atoms. The van der Waals surface area contributed by atoms with Crippen LogP contribution in [0.5, 0.6) is 0 Å². The largest absolute Gasteiger partial charge is 0.312 e. The maximum atomic E-state index is 11.2. The first-order valence-corrected chi connectivity index (χ1v) is 8.11. The van der Waals surface area contributed by atoms with Crippen LogP contribution in [0.4, 0.5) is 0 Å². The fourth-order valence-corrected chi connectivity index (χ4v) is 4.16. The summed E-state index contributed by atoms with van der Waals surface area (Å²) in [4.78, 5) is 1.14. The second-order valence-electron chi connectivity index (χ2n) is 3.50. The molecule has 1 rings (SSSR count). The molecule has 0 aliphatic rings. The summed E-state index contributed by atoms with van der Waals surface area (Å²) in [5.74, 6) is 0.132. The van der Waals surface area contributed by atoms with E-state index in [9.17, 15) is 8.42 Å². The highest BCUT2D eigenvalue weighted by Gasteiger charge is 2.19. The van der Waals surface area contributed by atoms with E-state index >= 15 is 0 Å². The van der Waals surface area contributed by atoms with Crippen molar-refractivity contribution in [2.45, 2.75) is 13.0 Å². The van der Waals surface area contributed by atoms with Gasteiger partial charge in [0.2, 0.25) is 0 Å². The molecule has 0 amide bonds. The number of hydrogen-bond donors (Lipinski definition) is 1. The average Bonchev–Trinajstić information content (AvgIpc) is 2.39. The first-order valence-electron chi connectivity index (χ1n) is 4.44. The van der Waals surface area contributed by atoms with Gasteiger partial charge >= 0.3 is 0 Å². The van der Waals surface area contributed by atoms with E-state index in [2.05, 4.69) is 21.2 Å². The van der Waals surface area contributed by atoms with Crippen molar-refractivity contribution in [3.63, 3.8) is 0 Å². The second kappa shape index (κ2) is 4.95. The zero-order valence-electron chi connectivity index (χ0n) is 8.87. The summed E-state index contributed by atoms with van der Waals surface area (Å²) in [6.45, 7) is 2.00. The third kappa shape index (κ3) is 3.86. The van der Waals surface area contributed by atoms with Gasteiger partial charge in [-0.3, -0.25) is 0 Å². The third-order valence-electron chi connectivity index (χ3n) is 2.12. The molecule has 1 N–H and O–H groups in total. The van der Waals surface area contributed by atoms with E-state index in [0.29, 0.717) is 0 Å². The summed E-state index contributed by atoms with van der Waals surface area (Å²) in [5, 5.41) is 3.04. The van der Waals surface area contributed by atoms with Crippen LogP contribution in [0.2, 0.25) is 0 Å². The topological polar surface area (TPSA) is 46.2 Å². The summed E-state index contributed by atoms with van der Waals surface area (Å²) in [5.41, 5.74) is 1.06. The predicted molar refractivity (Wildman–Crippen MR) is 68.3 cm³/mol. The Kier molecular flexibility index (Phi) is 4.34. The van der Waals surface area contributed by atoms with Crippen molar-refractivity contribution in [3.05, 3.63) is 20.3 Å². The molecule has 1 unspecified atom stereocenters. The molecular formula is C9H14BrNO2S2. The van der Waals surface area contributed by atoms with E-state index in [4.69, 9.17) is 0 Å². The van der Waals surface area contributed by atoms with Crippen LogP contribution >= 0.6 is 27.3 Å². The Morgan fingerprint density at radius 1 is 1.60 bits per heavy atom. The fourth-order valence-electron chi connectivity index (χ4n) is 1.44. The summed E-state index contributed by atoms with van der Waals surface area (Å²) >= 11 is 5.02. The molecule has 1 aromatic heterocycles. The van der Waals surface area contributed by atoms with E-state index < -0.39 is 9.84 Å². The Labute approximate surface area is 103 Å². The number of sulfone groups is 1. The van der Waals surface area contributed by atoms with E-state index in [1.54, 1.807) is 18.4 Å². The molecule has 1 atom stereocenters. The van der Waals surface area contributed by atoms with Gasteiger partial charge in [-0.25, -0.2) is 8.42 Å². The minimum absolute atomic E-state index is 0.123. The number of thiophene rings is 1. The van der Waals surface area contributed by atoms with E-state index in [0.717, 1.165) is 14.2 Å². The van der Waals surface area contributed by atoms with Gasteiger partial charge in [0.15, 0.2) is 0 Å². The van der Waals surface area contributed by atoms with Crippen LogP contribution in [0.25, 0.3) is 0 Å². The normalized spacial score (nSPS) is 14.1. The van der Waals surface area contributed by atoms with Crippen LogP contribution in [0.3, 0.4) is 0 Å². The molecule has 0 bridgehead atoms. The fraction of sp³-hybridized carbons (Fsp3) is 0.556. The van der Waals surface area contributed by atoms with Gasteiger partial charge < -0.3 is 5.32 Å². The molecule has 6 heteroatoms. The molecule has 1 aromatic rings. The molecule has 1 heterocycles. The van der Waals surface area contributed by atoms with Gasteiger partial charge in [0, 0.05) is 17.2 Å². The lowest BCUT2D eigenvalue weighted by Crippen LogP contribution is -2.24. The SMILES string of the molecule is CNC(CS(C)(=O)=O)c1cc(Br)sc1C. The first kappa shape index (κ1) is 13.2. The minimum Gasteiger partial charge on any atom is -0.312 e. The zero-order valence-corrected chi connectivity index (χ0v) is 12.1. The van der Waals surface area contributed by atoms with Crippen LogP contribution in [0, 0.1) is 6.92 Å². The first-order chi connectivity index (χ1) is 6.83. The van der Waals surface area contributed by atoms with E-state index in [-0.39, 0.29) is 11.8 Å². The highest BCUT2D eigenvalue weighted by molar-refractivity contribution is 9.11. The molecule has 15 heavy (non-hydrogen) atoms. The van der Waals surface area contributed by atoms with Gasteiger partial charge in [0.1, 0.15) is 9.84 Å². The molecule has 0 aliphatic carbocycles. The van der Waals surface area contributed by atoms with Gasteiger partial charge in [-0.2, -0.15) is 0 Å². The van der Waals surface area contributed by atoms with Crippen LogP contribution in [-0.4, -0.2) is 27.5 Å². The Hall–Kier alpha value is 0.0900. The maximum Gasteiger partial charge on any atom is 0.149 e. The lowest BCUT2D eigenvalue weighted by molar-refractivity contribution is 0.579. The average molecular weight is 312 g/mol. The van der Waals surface area contributed by atoms with Crippen molar-refractivity contribution in [1.29, 1.82) is 0 Å². The molecule has 0 aromatic carbocycles. The third-order valence-corrected chi connectivity index (χ3v) is 4.63. The molecule has 0 aliphatic heterocycles. The number of hydrogen-bond acceptors (Lipinski definition) is 4. The molecule has 3 nitrogen and oxygen atoms in total. The Morgan fingerprint density at radius 3 is 2.53 bits per heavy atom. The molecule has 86 valence electrons. The van der Waals surface area contributed by atoms with E-state index in [1.807, 2.05) is 13.0 Å². The van der Waals surface area contributed by atoms with Gasteiger partial charge in [-0.1, -0.05) is 0 Å². The predicted octanol–water partition coefficient (Wildman–Crippen LogP) is 2.12. The van der Waals surface area contributed by atoms with Crippen LogP contribution < -0.4 is 5.32 Å². The number of nitrogens with one attached hydrogen (secondary N) is 1. The highest BCUT2D eigenvalue weighted by atomic mass is 79.9. The summed E-state index contributed by atoms with van der Waals surface area (Å²) < 4.78 is 23.5. The van der Waals surface area contributed by atoms with Crippen LogP contribution in [0.15, 0.2) is 9.85 Å². The van der Waals surface area contributed by atoms with Crippen molar-refractivity contribution in [1.82, 2.24) is 5.32 Å². The molecule has 0 saturated heterocycles. The van der Waals surface area contributed by atoms with Gasteiger partial charge in [-0.05, 0) is 41.5 Å². The van der Waals surface area contributed by atoms with Crippen molar-refractivity contribution in [2.75, 3.05) is 19.1 Å². The molecule has 0 radical (unpaired) electrons. The standard InChI is InChI=1S/C9H14BrNO2S2/c1-6-7(4-9(10)14-6)8(11-2)5-15(3,12)13/h4,8,11H,5H2,1-3H3. The van der Waals surface area contributed by atoms with E-state index in [1.165, 1.54) is 6.26 Å². The summed E-state index contributed by atoms with van der Waals surface area (Å²) in [6.07, 6.45) is 1.26. The van der Waals surface area contributed by atoms with Crippen molar-refractivity contribution < 1.29 is 8.42 Å². The quantitative estimate of drug-likeness (QED) is 0.926. The maximum absolute atomic E-state index is 11.2. The van der Waals surface area contributed by atoms with Crippen molar-refractivity contribution >= 4 is 37.1 Å². The Balaban J connectivity index is 2.98. The monoisotopic (exact) mass is 311 g/mol. The Bertz CT molecular complexity index is 439. The van der Waals surface area contributed by atoms with Crippen molar-refractivity contribution in [3.8, 4) is 0 Å². The summed E-state index contributed by atoms with van der Waals surface area (Å²) in [7, 11) is -1.19. The lowest BCUT2D eigenvalue weighted by Gasteiger charge is -2.14. The van der Waals surface area contributed by atoms with Gasteiger partial charge in [0.05, 0.1) is 9.54 Å². The number of halogens is 1. The lowest BCUT2D eigenvalue weighted by atomic mass is 10.1. The second-order valence-corrected chi connectivity index (χ2v) is 8.32. The molecule has 0 saturated carbocycles. The van der Waals surface area contributed by atoms with Gasteiger partial charge in [0.25, 0.3) is 0 Å². The van der Waals surface area contributed by atoms with Crippen LogP contribution in [0.1, 0.15) is 16.5 Å².